The largest absolute Gasteiger partial charge is 0.397 e. The molecule has 1 heterocycles. The highest BCUT2D eigenvalue weighted by molar-refractivity contribution is 9.10. The van der Waals surface area contributed by atoms with E-state index in [1.165, 1.54) is 25.7 Å². The van der Waals surface area contributed by atoms with Crippen LogP contribution in [-0.2, 0) is 0 Å². The van der Waals surface area contributed by atoms with E-state index in [0.29, 0.717) is 5.92 Å². The molecule has 1 saturated carbocycles. The molecule has 19 heavy (non-hydrogen) atoms. The molecule has 0 saturated heterocycles. The van der Waals surface area contributed by atoms with Crippen molar-refractivity contribution < 1.29 is 0 Å². The van der Waals surface area contributed by atoms with Gasteiger partial charge < -0.3 is 5.73 Å². The van der Waals surface area contributed by atoms with Crippen molar-refractivity contribution in [1.29, 1.82) is 0 Å². The number of nitrogens with zero attached hydrogens (tertiary/aromatic N) is 1. The number of nitrogen functional groups attached to an aromatic ring is 1. The number of nitrogens with two attached hydrogens (primary N) is 1. The van der Waals surface area contributed by atoms with Crippen LogP contribution in [0.2, 0.25) is 0 Å². The fourth-order valence-electron chi connectivity index (χ4n) is 2.92. The van der Waals surface area contributed by atoms with Gasteiger partial charge in [0.25, 0.3) is 0 Å². The zero-order valence-corrected chi connectivity index (χ0v) is 12.4. The Labute approximate surface area is 122 Å². The zero-order valence-electron chi connectivity index (χ0n) is 10.8. The van der Waals surface area contributed by atoms with Gasteiger partial charge in [-0.05, 0) is 36.6 Å². The Morgan fingerprint density at radius 2 is 1.95 bits per heavy atom. The molecule has 1 aliphatic rings. The first-order valence-corrected chi connectivity index (χ1v) is 7.55. The maximum Gasteiger partial charge on any atom is 0.0669 e. The van der Waals surface area contributed by atoms with Crippen LogP contribution in [-0.4, -0.2) is 4.98 Å². The van der Waals surface area contributed by atoms with E-state index in [1.54, 1.807) is 0 Å². The van der Waals surface area contributed by atoms with Gasteiger partial charge in [0.05, 0.1) is 11.4 Å². The molecule has 1 fully saturated rings. The van der Waals surface area contributed by atoms with Crippen molar-refractivity contribution >= 4 is 21.6 Å². The van der Waals surface area contributed by atoms with E-state index in [4.69, 9.17) is 5.73 Å². The molecule has 2 aromatic rings. The van der Waals surface area contributed by atoms with E-state index in [9.17, 15) is 0 Å². The van der Waals surface area contributed by atoms with E-state index < -0.39 is 0 Å². The van der Waals surface area contributed by atoms with Crippen LogP contribution < -0.4 is 5.73 Å². The van der Waals surface area contributed by atoms with Crippen molar-refractivity contribution in [3.63, 3.8) is 0 Å². The average Bonchev–Trinajstić information content (AvgIpc) is 2.93. The number of hydrogen-bond acceptors (Lipinski definition) is 2. The molecular formula is C16H17BrN2. The number of halogens is 1. The quantitative estimate of drug-likeness (QED) is 0.868. The Morgan fingerprint density at radius 1 is 1.16 bits per heavy atom. The summed E-state index contributed by atoms with van der Waals surface area (Å²) in [6, 6.07) is 10.3. The molecule has 0 bridgehead atoms. The van der Waals surface area contributed by atoms with Crippen LogP contribution in [0.15, 0.2) is 41.0 Å². The van der Waals surface area contributed by atoms with Crippen LogP contribution >= 0.6 is 15.9 Å². The molecule has 0 spiro atoms. The molecule has 0 atom stereocenters. The number of rotatable bonds is 2. The fourth-order valence-corrected chi connectivity index (χ4v) is 3.32. The molecule has 2 N–H and O–H groups in total. The number of benzene rings is 1. The molecule has 1 aromatic heterocycles. The normalized spacial score (nSPS) is 15.8. The standard InChI is InChI=1S/C16H17BrN2/c17-13-7-3-6-12(10-13)14-8-9-19-16(15(14)18)11-4-1-2-5-11/h3,6-11H,1-2,4-5,18H2. The Bertz CT molecular complexity index is 589. The molecule has 0 unspecified atom stereocenters. The first-order chi connectivity index (χ1) is 9.25. The summed E-state index contributed by atoms with van der Waals surface area (Å²) in [7, 11) is 0. The summed E-state index contributed by atoms with van der Waals surface area (Å²) >= 11 is 3.51. The van der Waals surface area contributed by atoms with Gasteiger partial charge in [0.1, 0.15) is 0 Å². The first-order valence-electron chi connectivity index (χ1n) is 6.76. The van der Waals surface area contributed by atoms with Crippen molar-refractivity contribution in [2.45, 2.75) is 31.6 Å². The lowest BCUT2D eigenvalue weighted by Gasteiger charge is -2.15. The molecule has 98 valence electrons. The summed E-state index contributed by atoms with van der Waals surface area (Å²) in [5, 5.41) is 0. The number of pyridine rings is 1. The predicted octanol–water partition coefficient (Wildman–Crippen LogP) is 4.75. The van der Waals surface area contributed by atoms with Crippen LogP contribution in [0, 0.1) is 0 Å². The Kier molecular flexibility index (Phi) is 3.56. The van der Waals surface area contributed by atoms with Crippen molar-refractivity contribution in [3.05, 3.63) is 46.7 Å². The summed E-state index contributed by atoms with van der Waals surface area (Å²) in [6.45, 7) is 0. The molecule has 1 aromatic carbocycles. The highest BCUT2D eigenvalue weighted by Crippen LogP contribution is 2.39. The minimum absolute atomic E-state index is 0.548. The number of hydrogen-bond donors (Lipinski definition) is 1. The van der Waals surface area contributed by atoms with Crippen LogP contribution in [0.3, 0.4) is 0 Å². The molecule has 0 radical (unpaired) electrons. The Morgan fingerprint density at radius 3 is 2.68 bits per heavy atom. The summed E-state index contributed by atoms with van der Waals surface area (Å²) in [4.78, 5) is 4.53. The van der Waals surface area contributed by atoms with Gasteiger partial charge >= 0.3 is 0 Å². The van der Waals surface area contributed by atoms with Gasteiger partial charge in [-0.2, -0.15) is 0 Å². The van der Waals surface area contributed by atoms with Crippen LogP contribution in [0.25, 0.3) is 11.1 Å². The topological polar surface area (TPSA) is 38.9 Å². The van der Waals surface area contributed by atoms with Gasteiger partial charge in [-0.15, -0.1) is 0 Å². The molecule has 3 rings (SSSR count). The van der Waals surface area contributed by atoms with Gasteiger partial charge in [-0.3, -0.25) is 4.98 Å². The molecule has 0 amide bonds. The monoisotopic (exact) mass is 316 g/mol. The van der Waals surface area contributed by atoms with Crippen molar-refractivity contribution in [2.75, 3.05) is 5.73 Å². The fraction of sp³-hybridized carbons (Fsp3) is 0.312. The summed E-state index contributed by atoms with van der Waals surface area (Å²) in [5.74, 6) is 0.548. The van der Waals surface area contributed by atoms with E-state index in [2.05, 4.69) is 33.0 Å². The molecule has 1 aliphatic carbocycles. The molecular weight excluding hydrogens is 300 g/mol. The van der Waals surface area contributed by atoms with Crippen molar-refractivity contribution in [1.82, 2.24) is 4.98 Å². The van der Waals surface area contributed by atoms with Crippen molar-refractivity contribution in [3.8, 4) is 11.1 Å². The SMILES string of the molecule is Nc1c(-c2cccc(Br)c2)ccnc1C1CCCC1. The number of aromatic nitrogens is 1. The third-order valence-electron chi connectivity index (χ3n) is 3.90. The Hall–Kier alpha value is -1.35. The Balaban J connectivity index is 2.05. The minimum atomic E-state index is 0.548. The smallest absolute Gasteiger partial charge is 0.0669 e. The lowest BCUT2D eigenvalue weighted by atomic mass is 9.96. The predicted molar refractivity (Wildman–Crippen MR) is 83.0 cm³/mol. The molecule has 0 aliphatic heterocycles. The zero-order chi connectivity index (χ0) is 13.2. The molecule has 3 heteroatoms. The van der Waals surface area contributed by atoms with Crippen LogP contribution in [0.4, 0.5) is 5.69 Å². The van der Waals surface area contributed by atoms with Gasteiger partial charge in [0, 0.05) is 22.2 Å². The highest BCUT2D eigenvalue weighted by atomic mass is 79.9. The maximum absolute atomic E-state index is 6.37. The minimum Gasteiger partial charge on any atom is -0.397 e. The lowest BCUT2D eigenvalue weighted by Crippen LogP contribution is -2.04. The lowest BCUT2D eigenvalue weighted by molar-refractivity contribution is 0.700. The summed E-state index contributed by atoms with van der Waals surface area (Å²) in [5.41, 5.74) is 10.6. The van der Waals surface area contributed by atoms with Crippen LogP contribution in [0.5, 0.6) is 0 Å². The second-order valence-corrected chi connectivity index (χ2v) is 6.06. The van der Waals surface area contributed by atoms with Crippen LogP contribution in [0.1, 0.15) is 37.3 Å². The van der Waals surface area contributed by atoms with Gasteiger partial charge in [0.15, 0.2) is 0 Å². The average molecular weight is 317 g/mol. The third kappa shape index (κ3) is 2.52. The van der Waals surface area contributed by atoms with E-state index >= 15 is 0 Å². The highest BCUT2D eigenvalue weighted by Gasteiger charge is 2.21. The van der Waals surface area contributed by atoms with Gasteiger partial charge in [0.2, 0.25) is 0 Å². The molecule has 2 nitrogen and oxygen atoms in total. The first kappa shape index (κ1) is 12.7. The number of anilines is 1. The second-order valence-electron chi connectivity index (χ2n) is 5.15. The summed E-state index contributed by atoms with van der Waals surface area (Å²) in [6.07, 6.45) is 6.93. The van der Waals surface area contributed by atoms with E-state index in [0.717, 1.165) is 27.0 Å². The summed E-state index contributed by atoms with van der Waals surface area (Å²) < 4.78 is 1.07. The van der Waals surface area contributed by atoms with Gasteiger partial charge in [-0.1, -0.05) is 40.9 Å². The third-order valence-corrected chi connectivity index (χ3v) is 4.39. The van der Waals surface area contributed by atoms with Gasteiger partial charge in [-0.25, -0.2) is 0 Å². The van der Waals surface area contributed by atoms with E-state index in [-0.39, 0.29) is 0 Å². The van der Waals surface area contributed by atoms with Crippen molar-refractivity contribution in [2.24, 2.45) is 0 Å². The van der Waals surface area contributed by atoms with E-state index in [1.807, 2.05) is 24.4 Å². The second kappa shape index (κ2) is 5.33. The maximum atomic E-state index is 6.37.